The number of nitrogens with zero attached hydrogens (tertiary/aromatic N) is 1. The summed E-state index contributed by atoms with van der Waals surface area (Å²) >= 11 is 3.46. The molecule has 1 aliphatic rings. The maximum absolute atomic E-state index is 13.2. The van der Waals surface area contributed by atoms with Gasteiger partial charge in [0.25, 0.3) is 0 Å². The van der Waals surface area contributed by atoms with Crippen molar-refractivity contribution in [3.8, 4) is 0 Å². The molecule has 1 saturated carbocycles. The molecule has 4 nitrogen and oxygen atoms in total. The Morgan fingerprint density at radius 2 is 1.80 bits per heavy atom. The van der Waals surface area contributed by atoms with Crippen molar-refractivity contribution < 1.29 is 14.0 Å². The number of carbonyl (C=O) groups excluding carboxylic acids is 2. The average molecular weight is 475 g/mol. The molecule has 160 valence electrons. The molecule has 0 bridgehead atoms. The first-order chi connectivity index (χ1) is 14.4. The van der Waals surface area contributed by atoms with E-state index in [2.05, 4.69) is 21.2 Å². The van der Waals surface area contributed by atoms with Crippen molar-refractivity contribution in [2.45, 2.75) is 64.1 Å². The van der Waals surface area contributed by atoms with Crippen LogP contribution in [0, 0.1) is 5.82 Å². The van der Waals surface area contributed by atoms with E-state index >= 15 is 0 Å². The first-order valence-corrected chi connectivity index (χ1v) is 11.3. The lowest BCUT2D eigenvalue weighted by Gasteiger charge is -2.31. The molecule has 0 unspecified atom stereocenters. The topological polar surface area (TPSA) is 49.4 Å². The minimum atomic E-state index is -0.598. The van der Waals surface area contributed by atoms with E-state index < -0.39 is 6.04 Å². The standard InChI is InChI=1S/C24H28BrFN2O2/c1-17(24(30)27-22-8-3-2-4-9-22)28(16-19-6-5-7-20(25)14-19)23(29)15-18-10-12-21(26)13-11-18/h5-7,10-14,17,22H,2-4,8-9,15-16H2,1H3,(H,27,30)/t17-/m0/s1. The number of benzene rings is 2. The second kappa shape index (κ2) is 10.7. The Balaban J connectivity index is 1.75. The fraction of sp³-hybridized carbons (Fsp3) is 0.417. The maximum Gasteiger partial charge on any atom is 0.242 e. The number of nitrogens with one attached hydrogen (secondary N) is 1. The molecule has 0 saturated heterocycles. The molecule has 0 aromatic heterocycles. The van der Waals surface area contributed by atoms with Crippen LogP contribution >= 0.6 is 15.9 Å². The van der Waals surface area contributed by atoms with Crippen LogP contribution in [-0.4, -0.2) is 28.8 Å². The summed E-state index contributed by atoms with van der Waals surface area (Å²) in [6.45, 7) is 2.11. The smallest absolute Gasteiger partial charge is 0.242 e. The summed E-state index contributed by atoms with van der Waals surface area (Å²) in [5.41, 5.74) is 1.66. The molecule has 2 aromatic carbocycles. The Hall–Kier alpha value is -2.21. The van der Waals surface area contributed by atoms with Gasteiger partial charge in [-0.2, -0.15) is 0 Å². The van der Waals surface area contributed by atoms with Gasteiger partial charge in [-0.25, -0.2) is 4.39 Å². The molecule has 2 aromatic rings. The highest BCUT2D eigenvalue weighted by Crippen LogP contribution is 2.19. The molecule has 30 heavy (non-hydrogen) atoms. The van der Waals surface area contributed by atoms with E-state index in [-0.39, 0.29) is 30.1 Å². The van der Waals surface area contributed by atoms with Gasteiger partial charge in [0.2, 0.25) is 11.8 Å². The lowest BCUT2D eigenvalue weighted by Crippen LogP contribution is -2.50. The van der Waals surface area contributed by atoms with Crippen LogP contribution < -0.4 is 5.32 Å². The molecular formula is C24H28BrFN2O2. The van der Waals surface area contributed by atoms with Crippen molar-refractivity contribution in [3.63, 3.8) is 0 Å². The van der Waals surface area contributed by atoms with Gasteiger partial charge in [0.05, 0.1) is 6.42 Å². The summed E-state index contributed by atoms with van der Waals surface area (Å²) in [5, 5.41) is 3.13. The van der Waals surface area contributed by atoms with Gasteiger partial charge in [0.1, 0.15) is 11.9 Å². The third-order valence-corrected chi connectivity index (χ3v) is 6.12. The monoisotopic (exact) mass is 474 g/mol. The second-order valence-electron chi connectivity index (χ2n) is 7.97. The molecule has 1 atom stereocenters. The Morgan fingerprint density at radius 3 is 2.47 bits per heavy atom. The fourth-order valence-electron chi connectivity index (χ4n) is 3.86. The first-order valence-electron chi connectivity index (χ1n) is 10.5. The SMILES string of the molecule is C[C@@H](C(=O)NC1CCCCC1)N(Cc1cccc(Br)c1)C(=O)Cc1ccc(F)cc1. The molecule has 0 radical (unpaired) electrons. The van der Waals surface area contributed by atoms with E-state index in [4.69, 9.17) is 0 Å². The van der Waals surface area contributed by atoms with Gasteiger partial charge in [-0.05, 0) is 55.2 Å². The first kappa shape index (κ1) is 22.5. The summed E-state index contributed by atoms with van der Waals surface area (Å²) in [6, 6.07) is 13.2. The van der Waals surface area contributed by atoms with Gasteiger partial charge in [0.15, 0.2) is 0 Å². The molecular weight excluding hydrogens is 447 g/mol. The molecule has 1 aliphatic carbocycles. The van der Waals surface area contributed by atoms with E-state index in [9.17, 15) is 14.0 Å². The van der Waals surface area contributed by atoms with E-state index in [1.807, 2.05) is 24.3 Å². The molecule has 2 amide bonds. The maximum atomic E-state index is 13.2. The lowest BCUT2D eigenvalue weighted by molar-refractivity contribution is -0.140. The number of hydrogen-bond acceptors (Lipinski definition) is 2. The van der Waals surface area contributed by atoms with Crippen molar-refractivity contribution in [1.82, 2.24) is 10.2 Å². The average Bonchev–Trinajstić information content (AvgIpc) is 2.74. The van der Waals surface area contributed by atoms with Crippen molar-refractivity contribution >= 4 is 27.7 Å². The minimum Gasteiger partial charge on any atom is -0.352 e. The van der Waals surface area contributed by atoms with Gasteiger partial charge in [-0.1, -0.05) is 59.5 Å². The fourth-order valence-corrected chi connectivity index (χ4v) is 4.31. The molecule has 3 rings (SSSR count). The molecule has 0 spiro atoms. The van der Waals surface area contributed by atoms with Crippen LogP contribution in [0.3, 0.4) is 0 Å². The quantitative estimate of drug-likeness (QED) is 0.613. The van der Waals surface area contributed by atoms with Crippen molar-refractivity contribution in [2.75, 3.05) is 0 Å². The van der Waals surface area contributed by atoms with Gasteiger partial charge >= 0.3 is 0 Å². The second-order valence-corrected chi connectivity index (χ2v) is 8.89. The zero-order chi connectivity index (χ0) is 21.5. The zero-order valence-electron chi connectivity index (χ0n) is 17.2. The third-order valence-electron chi connectivity index (χ3n) is 5.63. The van der Waals surface area contributed by atoms with Crippen LogP contribution in [-0.2, 0) is 22.6 Å². The van der Waals surface area contributed by atoms with Crippen LogP contribution in [0.2, 0.25) is 0 Å². The van der Waals surface area contributed by atoms with Crippen LogP contribution in [0.15, 0.2) is 53.0 Å². The summed E-state index contributed by atoms with van der Waals surface area (Å²) < 4.78 is 14.1. The van der Waals surface area contributed by atoms with Gasteiger partial charge in [0, 0.05) is 17.1 Å². The number of rotatable bonds is 7. The Morgan fingerprint density at radius 1 is 1.10 bits per heavy atom. The number of hydrogen-bond donors (Lipinski definition) is 1. The Bertz CT molecular complexity index is 866. The van der Waals surface area contributed by atoms with E-state index in [0.717, 1.165) is 41.3 Å². The van der Waals surface area contributed by atoms with Gasteiger partial charge < -0.3 is 10.2 Å². The van der Waals surface area contributed by atoms with E-state index in [1.165, 1.54) is 18.6 Å². The summed E-state index contributed by atoms with van der Waals surface area (Å²) in [4.78, 5) is 27.7. The highest BCUT2D eigenvalue weighted by molar-refractivity contribution is 9.10. The third kappa shape index (κ3) is 6.39. The molecule has 1 N–H and O–H groups in total. The summed E-state index contributed by atoms with van der Waals surface area (Å²) in [5.74, 6) is -0.616. The van der Waals surface area contributed by atoms with Gasteiger partial charge in [-0.3, -0.25) is 9.59 Å². The normalized spacial score (nSPS) is 15.4. The molecule has 0 aliphatic heterocycles. The number of amides is 2. The molecule has 6 heteroatoms. The molecule has 0 heterocycles. The van der Waals surface area contributed by atoms with Crippen molar-refractivity contribution in [3.05, 3.63) is 69.9 Å². The minimum absolute atomic E-state index is 0.120. The Labute approximate surface area is 186 Å². The van der Waals surface area contributed by atoms with Gasteiger partial charge in [-0.15, -0.1) is 0 Å². The van der Waals surface area contributed by atoms with E-state index in [0.29, 0.717) is 6.54 Å². The Kier molecular flexibility index (Phi) is 8.02. The predicted molar refractivity (Wildman–Crippen MR) is 119 cm³/mol. The predicted octanol–water partition coefficient (Wildman–Crippen LogP) is 5.00. The highest BCUT2D eigenvalue weighted by Gasteiger charge is 2.28. The number of halogens is 2. The van der Waals surface area contributed by atoms with Crippen LogP contribution in [0.1, 0.15) is 50.2 Å². The lowest BCUT2D eigenvalue weighted by atomic mass is 9.95. The van der Waals surface area contributed by atoms with Crippen molar-refractivity contribution in [1.29, 1.82) is 0 Å². The zero-order valence-corrected chi connectivity index (χ0v) is 18.8. The van der Waals surface area contributed by atoms with Crippen LogP contribution in [0.25, 0.3) is 0 Å². The number of carbonyl (C=O) groups is 2. The summed E-state index contributed by atoms with van der Waals surface area (Å²) in [7, 11) is 0. The van der Waals surface area contributed by atoms with Crippen molar-refractivity contribution in [2.24, 2.45) is 0 Å². The largest absolute Gasteiger partial charge is 0.352 e. The van der Waals surface area contributed by atoms with E-state index in [1.54, 1.807) is 24.0 Å². The van der Waals surface area contributed by atoms with Crippen LogP contribution in [0.4, 0.5) is 4.39 Å². The molecule has 1 fully saturated rings. The highest BCUT2D eigenvalue weighted by atomic mass is 79.9. The van der Waals surface area contributed by atoms with Crippen LogP contribution in [0.5, 0.6) is 0 Å². The summed E-state index contributed by atoms with van der Waals surface area (Å²) in [6.07, 6.45) is 5.58.